The minimum Gasteiger partial charge on any atom is -0.507 e. The maximum absolute atomic E-state index is 12.6. The van der Waals surface area contributed by atoms with E-state index in [9.17, 15) is 23.4 Å². The molecule has 2 aromatic rings. The Morgan fingerprint density at radius 2 is 1.64 bits per heavy atom. The summed E-state index contributed by atoms with van der Waals surface area (Å²) in [5, 5.41) is 19.1. The minimum absolute atomic E-state index is 0.0515. The van der Waals surface area contributed by atoms with Crippen molar-refractivity contribution in [1.29, 1.82) is 0 Å². The topological polar surface area (TPSA) is 65.2 Å². The fourth-order valence-corrected chi connectivity index (χ4v) is 1.77. The van der Waals surface area contributed by atoms with E-state index >= 15 is 0 Å². The molecule has 4 nitrogen and oxygen atoms in total. The Balaban J connectivity index is 2.40. The summed E-state index contributed by atoms with van der Waals surface area (Å²) >= 11 is 0. The molecule has 2 aromatic carbocycles. The maximum Gasteiger partial charge on any atom is 0.420 e. The van der Waals surface area contributed by atoms with Gasteiger partial charge >= 0.3 is 6.18 Å². The molecule has 0 aromatic heterocycles. The standard InChI is InChI=1S/C15H11F3N2O2/c1-19-11-4-2-3-5-12(11)20-8-9-6-14(22)10(7-13(9)21)15(16,17)18/h2-8,21-22H,1H2. The van der Waals surface area contributed by atoms with Crippen LogP contribution in [0.3, 0.4) is 0 Å². The van der Waals surface area contributed by atoms with Crippen LogP contribution in [0.2, 0.25) is 0 Å². The van der Waals surface area contributed by atoms with Gasteiger partial charge in [-0.15, -0.1) is 0 Å². The van der Waals surface area contributed by atoms with Crippen molar-refractivity contribution in [2.24, 2.45) is 9.98 Å². The van der Waals surface area contributed by atoms with Gasteiger partial charge < -0.3 is 10.2 Å². The highest BCUT2D eigenvalue weighted by Gasteiger charge is 2.34. The Hall–Kier alpha value is -2.83. The summed E-state index contributed by atoms with van der Waals surface area (Å²) in [7, 11) is 0. The van der Waals surface area contributed by atoms with E-state index in [1.165, 1.54) is 0 Å². The average Bonchev–Trinajstić information content (AvgIpc) is 2.47. The first-order valence-corrected chi connectivity index (χ1v) is 6.06. The molecule has 0 atom stereocenters. The number of phenols is 2. The van der Waals surface area contributed by atoms with Crippen molar-refractivity contribution in [1.82, 2.24) is 0 Å². The predicted molar refractivity (Wildman–Crippen MR) is 77.7 cm³/mol. The molecule has 0 saturated heterocycles. The molecule has 22 heavy (non-hydrogen) atoms. The van der Waals surface area contributed by atoms with Crippen LogP contribution in [-0.4, -0.2) is 23.1 Å². The third-order valence-electron chi connectivity index (χ3n) is 2.85. The van der Waals surface area contributed by atoms with E-state index in [1.54, 1.807) is 24.3 Å². The van der Waals surface area contributed by atoms with E-state index < -0.39 is 23.2 Å². The van der Waals surface area contributed by atoms with Crippen LogP contribution >= 0.6 is 0 Å². The third-order valence-corrected chi connectivity index (χ3v) is 2.85. The second-order valence-corrected chi connectivity index (χ2v) is 4.33. The smallest absolute Gasteiger partial charge is 0.420 e. The van der Waals surface area contributed by atoms with Crippen molar-refractivity contribution in [3.8, 4) is 11.5 Å². The minimum atomic E-state index is -4.75. The molecule has 0 unspecified atom stereocenters. The number of nitrogens with zero attached hydrogens (tertiary/aromatic N) is 2. The molecule has 0 radical (unpaired) electrons. The van der Waals surface area contributed by atoms with Crippen LogP contribution in [0.15, 0.2) is 46.4 Å². The number of halogens is 3. The highest BCUT2D eigenvalue weighted by Crippen LogP contribution is 2.39. The molecule has 0 bridgehead atoms. The number of para-hydroxylation sites is 2. The second-order valence-electron chi connectivity index (χ2n) is 4.33. The Morgan fingerprint density at radius 1 is 1.00 bits per heavy atom. The fourth-order valence-electron chi connectivity index (χ4n) is 1.77. The van der Waals surface area contributed by atoms with E-state index in [0.717, 1.165) is 12.3 Å². The van der Waals surface area contributed by atoms with Gasteiger partial charge in [-0.05, 0) is 31.0 Å². The van der Waals surface area contributed by atoms with Crippen molar-refractivity contribution < 1.29 is 23.4 Å². The van der Waals surface area contributed by atoms with Gasteiger partial charge in [-0.3, -0.25) is 9.98 Å². The van der Waals surface area contributed by atoms with Crippen LogP contribution in [0.25, 0.3) is 0 Å². The highest BCUT2D eigenvalue weighted by atomic mass is 19.4. The summed E-state index contributed by atoms with van der Waals surface area (Å²) in [6.45, 7) is 3.38. The number of aliphatic imine (C=N–C) groups is 2. The van der Waals surface area contributed by atoms with Gasteiger partial charge in [0.15, 0.2) is 0 Å². The van der Waals surface area contributed by atoms with E-state index in [-0.39, 0.29) is 5.56 Å². The molecular weight excluding hydrogens is 297 g/mol. The number of alkyl halides is 3. The summed E-state index contributed by atoms with van der Waals surface area (Å²) in [6, 6.07) is 7.96. The van der Waals surface area contributed by atoms with Crippen LogP contribution < -0.4 is 0 Å². The van der Waals surface area contributed by atoms with E-state index in [1.807, 2.05) is 0 Å². The van der Waals surface area contributed by atoms with Gasteiger partial charge in [-0.25, -0.2) is 0 Å². The van der Waals surface area contributed by atoms with E-state index in [0.29, 0.717) is 17.4 Å². The van der Waals surface area contributed by atoms with Gasteiger partial charge in [0.25, 0.3) is 0 Å². The lowest BCUT2D eigenvalue weighted by Crippen LogP contribution is -2.05. The molecule has 0 aliphatic heterocycles. The lowest BCUT2D eigenvalue weighted by molar-refractivity contribution is -0.138. The van der Waals surface area contributed by atoms with E-state index in [2.05, 4.69) is 16.7 Å². The SMILES string of the molecule is C=Nc1ccccc1N=Cc1cc(O)c(C(F)(F)F)cc1O. The second kappa shape index (κ2) is 5.88. The summed E-state index contributed by atoms with van der Waals surface area (Å²) in [5.74, 6) is -1.63. The Labute approximate surface area is 123 Å². The molecule has 114 valence electrons. The molecule has 0 amide bonds. The summed E-state index contributed by atoms with van der Waals surface area (Å²) in [4.78, 5) is 7.77. The molecular formula is C15H11F3N2O2. The van der Waals surface area contributed by atoms with Crippen LogP contribution in [0.1, 0.15) is 11.1 Å². The Bertz CT molecular complexity index is 740. The molecule has 0 aliphatic carbocycles. The van der Waals surface area contributed by atoms with Crippen molar-refractivity contribution in [2.75, 3.05) is 0 Å². The monoisotopic (exact) mass is 308 g/mol. The van der Waals surface area contributed by atoms with Gasteiger partial charge in [-0.2, -0.15) is 13.2 Å². The first-order valence-electron chi connectivity index (χ1n) is 6.06. The number of rotatable bonds is 3. The zero-order valence-electron chi connectivity index (χ0n) is 11.2. The normalized spacial score (nSPS) is 11.8. The molecule has 2 rings (SSSR count). The quantitative estimate of drug-likeness (QED) is 0.659. The molecule has 0 heterocycles. The number of hydrogen-bond acceptors (Lipinski definition) is 4. The summed E-state index contributed by atoms with van der Waals surface area (Å²) < 4.78 is 37.8. The first kappa shape index (κ1) is 15.6. The van der Waals surface area contributed by atoms with E-state index in [4.69, 9.17) is 0 Å². The first-order chi connectivity index (χ1) is 10.3. The van der Waals surface area contributed by atoms with Crippen molar-refractivity contribution in [2.45, 2.75) is 6.18 Å². The third kappa shape index (κ3) is 3.25. The number of hydrogen-bond donors (Lipinski definition) is 2. The van der Waals surface area contributed by atoms with Crippen LogP contribution in [0.5, 0.6) is 11.5 Å². The zero-order valence-corrected chi connectivity index (χ0v) is 11.2. The van der Waals surface area contributed by atoms with Gasteiger partial charge in [0.1, 0.15) is 17.1 Å². The molecule has 0 saturated carbocycles. The van der Waals surface area contributed by atoms with Gasteiger partial charge in [0.05, 0.1) is 11.4 Å². The molecule has 2 N–H and O–H groups in total. The lowest BCUT2D eigenvalue weighted by atomic mass is 10.1. The van der Waals surface area contributed by atoms with Gasteiger partial charge in [0.2, 0.25) is 0 Å². The van der Waals surface area contributed by atoms with Crippen molar-refractivity contribution in [3.63, 3.8) is 0 Å². The number of aromatic hydroxyl groups is 2. The summed E-state index contributed by atoms with van der Waals surface area (Å²) in [5.41, 5.74) is -0.453. The molecule has 0 fully saturated rings. The fraction of sp³-hybridized carbons (Fsp3) is 0.0667. The number of phenolic OH excluding ortho intramolecular Hbond substituents is 2. The van der Waals surface area contributed by atoms with Crippen LogP contribution in [-0.2, 0) is 6.18 Å². The molecule has 0 spiro atoms. The molecule has 0 aliphatic rings. The van der Waals surface area contributed by atoms with Crippen molar-refractivity contribution >= 4 is 24.3 Å². The van der Waals surface area contributed by atoms with Crippen molar-refractivity contribution in [3.05, 3.63) is 47.5 Å². The highest BCUT2D eigenvalue weighted by molar-refractivity contribution is 5.87. The maximum atomic E-state index is 12.6. The average molecular weight is 308 g/mol. The molecule has 7 heteroatoms. The summed E-state index contributed by atoms with van der Waals surface area (Å²) in [6.07, 6.45) is -3.62. The van der Waals surface area contributed by atoms with Crippen LogP contribution in [0, 0.1) is 0 Å². The van der Waals surface area contributed by atoms with Crippen LogP contribution in [0.4, 0.5) is 24.5 Å². The lowest BCUT2D eigenvalue weighted by Gasteiger charge is -2.10. The predicted octanol–water partition coefficient (Wildman–Crippen LogP) is 4.20. The largest absolute Gasteiger partial charge is 0.507 e. The number of benzene rings is 2. The van der Waals surface area contributed by atoms with Gasteiger partial charge in [-0.1, -0.05) is 12.1 Å². The van der Waals surface area contributed by atoms with Gasteiger partial charge in [0, 0.05) is 11.8 Å². The zero-order chi connectivity index (χ0) is 16.3. The Kier molecular flexibility index (Phi) is 4.16. The Morgan fingerprint density at radius 3 is 2.23 bits per heavy atom.